The van der Waals surface area contributed by atoms with E-state index in [-0.39, 0.29) is 0 Å². The molecule has 4 aromatic carbocycles. The van der Waals surface area contributed by atoms with Crippen molar-refractivity contribution in [1.29, 1.82) is 0 Å². The third-order valence-electron chi connectivity index (χ3n) is 8.05. The predicted molar refractivity (Wildman–Crippen MR) is 139 cm³/mol. The van der Waals surface area contributed by atoms with Gasteiger partial charge in [-0.15, -0.1) is 0 Å². The lowest BCUT2D eigenvalue weighted by Crippen LogP contribution is -2.08. The summed E-state index contributed by atoms with van der Waals surface area (Å²) in [6, 6.07) is 35.3. The van der Waals surface area contributed by atoms with E-state index in [1.807, 2.05) is 0 Å². The van der Waals surface area contributed by atoms with Gasteiger partial charge in [-0.25, -0.2) is 0 Å². The van der Waals surface area contributed by atoms with Crippen molar-refractivity contribution in [3.05, 3.63) is 103 Å². The highest BCUT2D eigenvalue weighted by molar-refractivity contribution is 6.10. The maximum absolute atomic E-state index is 3.66. The normalized spacial score (nSPS) is 21.8. The third kappa shape index (κ3) is 3.16. The van der Waals surface area contributed by atoms with E-state index < -0.39 is 0 Å². The minimum Gasteiger partial charge on any atom is -0.355 e. The lowest BCUT2D eigenvalue weighted by Gasteiger charge is -2.22. The fraction of sp³-hybridized carbons (Fsp3) is 0.226. The van der Waals surface area contributed by atoms with Gasteiger partial charge >= 0.3 is 0 Å². The predicted octanol–water partition coefficient (Wildman–Crippen LogP) is 8.43. The van der Waals surface area contributed by atoms with Crippen molar-refractivity contribution < 1.29 is 0 Å². The Bertz CT molecular complexity index is 1450. The smallest absolute Gasteiger partial charge is 0.0561 e. The number of nitrogens with zero attached hydrogens (tertiary/aromatic N) is 1. The van der Waals surface area contributed by atoms with Crippen molar-refractivity contribution in [3.8, 4) is 5.69 Å². The van der Waals surface area contributed by atoms with Gasteiger partial charge in [0.1, 0.15) is 0 Å². The van der Waals surface area contributed by atoms with Gasteiger partial charge in [0.25, 0.3) is 0 Å². The molecule has 3 unspecified atom stereocenters. The Balaban J connectivity index is 1.25. The first-order chi connectivity index (χ1) is 16.3. The molecule has 1 N–H and O–H groups in total. The van der Waals surface area contributed by atoms with Gasteiger partial charge in [-0.1, -0.05) is 61.0 Å². The zero-order valence-corrected chi connectivity index (χ0v) is 18.7. The van der Waals surface area contributed by atoms with Crippen molar-refractivity contribution in [2.24, 2.45) is 11.8 Å². The van der Waals surface area contributed by atoms with Gasteiger partial charge in [-0.2, -0.15) is 0 Å². The quantitative estimate of drug-likeness (QED) is 0.304. The summed E-state index contributed by atoms with van der Waals surface area (Å²) in [4.78, 5) is 0. The van der Waals surface area contributed by atoms with Gasteiger partial charge in [0.05, 0.1) is 11.0 Å². The number of rotatable bonds is 4. The fourth-order valence-corrected chi connectivity index (χ4v) is 6.54. The van der Waals surface area contributed by atoms with Gasteiger partial charge in [-0.3, -0.25) is 0 Å². The molecule has 0 amide bonds. The number of hydrogen-bond acceptors (Lipinski definition) is 1. The summed E-state index contributed by atoms with van der Waals surface area (Å²) < 4.78 is 2.37. The van der Waals surface area contributed by atoms with Gasteiger partial charge in [0.15, 0.2) is 0 Å². The Morgan fingerprint density at radius 3 is 2.18 bits per heavy atom. The molecule has 33 heavy (non-hydrogen) atoms. The van der Waals surface area contributed by atoms with Crippen LogP contribution >= 0.6 is 0 Å². The standard InChI is InChI=1S/C31H28N2/c1-2-6-26(7-3-1)33-30-9-5-4-8-27(30)28-17-16-25(20-31(28)33)32-24-14-12-22(13-15-24)29-19-21-10-11-23(29)18-21/h1-9,12-17,20-21,23,29,32H,10-11,18-19H2. The number of nitrogens with one attached hydrogen (secondary N) is 1. The van der Waals surface area contributed by atoms with E-state index in [0.717, 1.165) is 29.1 Å². The van der Waals surface area contributed by atoms with Crippen LogP contribution in [-0.4, -0.2) is 4.57 Å². The van der Waals surface area contributed by atoms with E-state index >= 15 is 0 Å². The highest BCUT2D eigenvalue weighted by Crippen LogP contribution is 2.52. The summed E-state index contributed by atoms with van der Waals surface area (Å²) in [6.45, 7) is 0. The highest BCUT2D eigenvalue weighted by atomic mass is 15.0. The second-order valence-corrected chi connectivity index (χ2v) is 9.95. The molecule has 2 saturated carbocycles. The summed E-state index contributed by atoms with van der Waals surface area (Å²) in [5.74, 6) is 2.70. The number of hydrogen-bond donors (Lipinski definition) is 1. The maximum Gasteiger partial charge on any atom is 0.0561 e. The topological polar surface area (TPSA) is 17.0 Å². The van der Waals surface area contributed by atoms with Crippen LogP contribution < -0.4 is 5.32 Å². The molecule has 2 aliphatic rings. The maximum atomic E-state index is 3.66. The van der Waals surface area contributed by atoms with E-state index in [1.54, 1.807) is 0 Å². The van der Waals surface area contributed by atoms with E-state index in [0.29, 0.717) is 0 Å². The Hall–Kier alpha value is -3.52. The molecule has 2 nitrogen and oxygen atoms in total. The number of para-hydroxylation sites is 2. The van der Waals surface area contributed by atoms with Crippen LogP contribution in [0.2, 0.25) is 0 Å². The van der Waals surface area contributed by atoms with Crippen molar-refractivity contribution in [2.75, 3.05) is 5.32 Å². The zero-order chi connectivity index (χ0) is 21.8. The van der Waals surface area contributed by atoms with Crippen LogP contribution in [0.4, 0.5) is 11.4 Å². The molecule has 2 aliphatic carbocycles. The molecule has 7 rings (SSSR count). The average Bonchev–Trinajstić information content (AvgIpc) is 3.58. The Kier molecular flexibility index (Phi) is 4.33. The highest BCUT2D eigenvalue weighted by Gasteiger charge is 2.39. The van der Waals surface area contributed by atoms with Crippen molar-refractivity contribution in [1.82, 2.24) is 4.57 Å². The number of aromatic nitrogens is 1. The first-order valence-electron chi connectivity index (χ1n) is 12.3. The SMILES string of the molecule is c1ccc(-n2c3ccccc3c3ccc(Nc4ccc(C5CC6CCC5C6)cc4)cc32)cc1. The molecule has 162 valence electrons. The molecular formula is C31H28N2. The molecular weight excluding hydrogens is 400 g/mol. The van der Waals surface area contributed by atoms with Crippen molar-refractivity contribution >= 4 is 33.2 Å². The first-order valence-corrected chi connectivity index (χ1v) is 12.3. The minimum absolute atomic E-state index is 0.788. The van der Waals surface area contributed by atoms with E-state index in [9.17, 15) is 0 Å². The van der Waals surface area contributed by atoms with Gasteiger partial charge < -0.3 is 9.88 Å². The molecule has 0 spiro atoms. The fourth-order valence-electron chi connectivity index (χ4n) is 6.54. The number of anilines is 2. The second-order valence-electron chi connectivity index (χ2n) is 9.95. The molecule has 1 heterocycles. The zero-order valence-electron chi connectivity index (χ0n) is 18.7. The largest absolute Gasteiger partial charge is 0.355 e. The van der Waals surface area contributed by atoms with E-state index in [4.69, 9.17) is 0 Å². The molecule has 1 aromatic heterocycles. The van der Waals surface area contributed by atoms with Crippen molar-refractivity contribution in [3.63, 3.8) is 0 Å². The van der Waals surface area contributed by atoms with Gasteiger partial charge in [0.2, 0.25) is 0 Å². The summed E-state index contributed by atoms with van der Waals surface area (Å²) in [5, 5.41) is 6.23. The molecule has 3 atom stereocenters. The summed E-state index contributed by atoms with van der Waals surface area (Å²) >= 11 is 0. The second kappa shape index (κ2) is 7.52. The minimum atomic E-state index is 0.788. The third-order valence-corrected chi connectivity index (χ3v) is 8.05. The van der Waals surface area contributed by atoms with Crippen LogP contribution in [0.1, 0.15) is 37.2 Å². The molecule has 2 heteroatoms. The number of fused-ring (bicyclic) bond motifs is 5. The molecule has 2 bridgehead atoms. The summed E-state index contributed by atoms with van der Waals surface area (Å²) in [6.07, 6.45) is 5.76. The van der Waals surface area contributed by atoms with Gasteiger partial charge in [-0.05, 0) is 85.0 Å². The van der Waals surface area contributed by atoms with Crippen LogP contribution in [0.15, 0.2) is 97.1 Å². The van der Waals surface area contributed by atoms with Crippen LogP contribution in [0.5, 0.6) is 0 Å². The Morgan fingerprint density at radius 2 is 1.39 bits per heavy atom. The lowest BCUT2D eigenvalue weighted by atomic mass is 9.83. The first kappa shape index (κ1) is 19.0. The molecule has 0 radical (unpaired) electrons. The Labute approximate surface area is 194 Å². The average molecular weight is 429 g/mol. The molecule has 0 aliphatic heterocycles. The Morgan fingerprint density at radius 1 is 0.636 bits per heavy atom. The molecule has 5 aromatic rings. The van der Waals surface area contributed by atoms with Gasteiger partial charge in [0, 0.05) is 27.8 Å². The molecule has 2 fully saturated rings. The van der Waals surface area contributed by atoms with E-state index in [1.165, 1.54) is 58.7 Å². The monoisotopic (exact) mass is 428 g/mol. The number of benzene rings is 4. The van der Waals surface area contributed by atoms with Crippen LogP contribution in [0.25, 0.3) is 27.5 Å². The lowest BCUT2D eigenvalue weighted by molar-refractivity contribution is 0.420. The van der Waals surface area contributed by atoms with Crippen LogP contribution in [-0.2, 0) is 0 Å². The van der Waals surface area contributed by atoms with Crippen molar-refractivity contribution in [2.45, 2.75) is 31.6 Å². The molecule has 0 saturated heterocycles. The summed E-state index contributed by atoms with van der Waals surface area (Å²) in [7, 11) is 0. The van der Waals surface area contributed by atoms with E-state index in [2.05, 4.69) is 107 Å². The van der Waals surface area contributed by atoms with Crippen LogP contribution in [0, 0.1) is 11.8 Å². The summed E-state index contributed by atoms with van der Waals surface area (Å²) in [5.41, 5.74) is 7.47. The van der Waals surface area contributed by atoms with Crippen LogP contribution in [0.3, 0.4) is 0 Å².